The summed E-state index contributed by atoms with van der Waals surface area (Å²) in [6, 6.07) is 10.1. The van der Waals surface area contributed by atoms with E-state index in [4.69, 9.17) is 10.6 Å². The van der Waals surface area contributed by atoms with Gasteiger partial charge in [-0.3, -0.25) is 10.6 Å². The van der Waals surface area contributed by atoms with Gasteiger partial charge in [-0.15, -0.1) is 0 Å². The van der Waals surface area contributed by atoms with Gasteiger partial charge in [0.1, 0.15) is 0 Å². The fourth-order valence-corrected chi connectivity index (χ4v) is 2.68. The van der Waals surface area contributed by atoms with Gasteiger partial charge in [-0.1, -0.05) is 30.3 Å². The fraction of sp³-hybridized carbons (Fsp3) is 0.533. The topological polar surface area (TPSA) is 55.6 Å². The molecular formula is C15H22N2O2. The first kappa shape index (κ1) is 14.0. The van der Waals surface area contributed by atoms with E-state index in [1.165, 1.54) is 5.56 Å². The standard InChI is InChI=1S/C15H22N2O2/c1-2-19-14(18)15(8-10-17(16)11-9-15)12-13-6-4-3-5-7-13/h3-7H,2,8-12,16H2,1H3. The average Bonchev–Trinajstić information content (AvgIpc) is 2.43. The minimum absolute atomic E-state index is 0.0769. The Balaban J connectivity index is 2.17. The Labute approximate surface area is 114 Å². The number of benzene rings is 1. The van der Waals surface area contributed by atoms with Gasteiger partial charge in [-0.25, -0.2) is 5.01 Å². The number of rotatable bonds is 4. The molecule has 1 heterocycles. The second-order valence-corrected chi connectivity index (χ2v) is 5.20. The quantitative estimate of drug-likeness (QED) is 0.663. The van der Waals surface area contributed by atoms with Crippen LogP contribution in [0.25, 0.3) is 0 Å². The van der Waals surface area contributed by atoms with Crippen LogP contribution in [0.2, 0.25) is 0 Å². The number of nitrogens with two attached hydrogens (primary N) is 1. The second-order valence-electron chi connectivity index (χ2n) is 5.20. The van der Waals surface area contributed by atoms with Crippen LogP contribution in [0.5, 0.6) is 0 Å². The first-order chi connectivity index (χ1) is 9.16. The molecule has 0 amide bonds. The van der Waals surface area contributed by atoms with Crippen LogP contribution in [-0.2, 0) is 16.0 Å². The predicted molar refractivity (Wildman–Crippen MR) is 74.2 cm³/mol. The number of esters is 1. The van der Waals surface area contributed by atoms with Crippen molar-refractivity contribution in [3.8, 4) is 0 Å². The van der Waals surface area contributed by atoms with Crippen LogP contribution in [-0.4, -0.2) is 30.7 Å². The van der Waals surface area contributed by atoms with E-state index in [2.05, 4.69) is 12.1 Å². The number of carbonyl (C=O) groups excluding carboxylic acids is 1. The molecule has 4 heteroatoms. The number of hydrogen-bond acceptors (Lipinski definition) is 4. The third kappa shape index (κ3) is 3.33. The van der Waals surface area contributed by atoms with E-state index in [0.29, 0.717) is 6.61 Å². The van der Waals surface area contributed by atoms with Gasteiger partial charge in [0.25, 0.3) is 0 Å². The lowest BCUT2D eigenvalue weighted by atomic mass is 9.74. The van der Waals surface area contributed by atoms with E-state index in [1.54, 1.807) is 5.01 Å². The molecule has 1 aliphatic heterocycles. The molecule has 1 aromatic rings. The van der Waals surface area contributed by atoms with E-state index >= 15 is 0 Å². The normalized spacial score (nSPS) is 19.1. The average molecular weight is 262 g/mol. The van der Waals surface area contributed by atoms with E-state index in [0.717, 1.165) is 32.4 Å². The first-order valence-corrected chi connectivity index (χ1v) is 6.87. The highest BCUT2D eigenvalue weighted by Crippen LogP contribution is 2.36. The van der Waals surface area contributed by atoms with Gasteiger partial charge in [-0.2, -0.15) is 0 Å². The summed E-state index contributed by atoms with van der Waals surface area (Å²) in [5, 5.41) is 1.78. The molecule has 1 saturated heterocycles. The zero-order valence-electron chi connectivity index (χ0n) is 11.5. The molecule has 0 aromatic heterocycles. The third-order valence-electron chi connectivity index (χ3n) is 3.85. The smallest absolute Gasteiger partial charge is 0.312 e. The highest BCUT2D eigenvalue weighted by Gasteiger charge is 2.42. The van der Waals surface area contributed by atoms with Crippen LogP contribution in [0.1, 0.15) is 25.3 Å². The predicted octanol–water partition coefficient (Wildman–Crippen LogP) is 1.75. The number of hydrazine groups is 1. The van der Waals surface area contributed by atoms with Crippen LogP contribution in [0.15, 0.2) is 30.3 Å². The maximum Gasteiger partial charge on any atom is 0.312 e. The Bertz CT molecular complexity index is 411. The second kappa shape index (κ2) is 6.17. The minimum Gasteiger partial charge on any atom is -0.466 e. The van der Waals surface area contributed by atoms with Gasteiger partial charge in [0.15, 0.2) is 0 Å². The van der Waals surface area contributed by atoms with Crippen molar-refractivity contribution in [2.24, 2.45) is 11.3 Å². The molecule has 0 saturated carbocycles. The summed E-state index contributed by atoms with van der Waals surface area (Å²) < 4.78 is 5.29. The van der Waals surface area contributed by atoms with E-state index in [-0.39, 0.29) is 5.97 Å². The molecule has 0 atom stereocenters. The van der Waals surface area contributed by atoms with Gasteiger partial charge in [0, 0.05) is 13.1 Å². The Morgan fingerprint density at radius 3 is 2.53 bits per heavy atom. The molecule has 2 N–H and O–H groups in total. The monoisotopic (exact) mass is 262 g/mol. The molecule has 1 aromatic carbocycles. The van der Waals surface area contributed by atoms with Crippen molar-refractivity contribution in [2.75, 3.05) is 19.7 Å². The highest BCUT2D eigenvalue weighted by atomic mass is 16.5. The molecule has 104 valence electrons. The van der Waals surface area contributed by atoms with Crippen molar-refractivity contribution in [3.05, 3.63) is 35.9 Å². The lowest BCUT2D eigenvalue weighted by Gasteiger charge is -2.38. The summed E-state index contributed by atoms with van der Waals surface area (Å²) in [6.45, 7) is 3.77. The Morgan fingerprint density at radius 1 is 1.32 bits per heavy atom. The number of carbonyl (C=O) groups is 1. The van der Waals surface area contributed by atoms with Crippen molar-refractivity contribution < 1.29 is 9.53 Å². The van der Waals surface area contributed by atoms with Crippen LogP contribution in [0.3, 0.4) is 0 Å². The SMILES string of the molecule is CCOC(=O)C1(Cc2ccccc2)CCN(N)CC1. The zero-order valence-corrected chi connectivity index (χ0v) is 11.5. The minimum atomic E-state index is -0.409. The molecule has 1 fully saturated rings. The molecule has 4 nitrogen and oxygen atoms in total. The van der Waals surface area contributed by atoms with Crippen molar-refractivity contribution in [2.45, 2.75) is 26.2 Å². The zero-order chi connectivity index (χ0) is 13.7. The van der Waals surface area contributed by atoms with Crippen LogP contribution >= 0.6 is 0 Å². The summed E-state index contributed by atoms with van der Waals surface area (Å²) in [6.07, 6.45) is 2.26. The molecule has 1 aliphatic rings. The lowest BCUT2D eigenvalue weighted by molar-refractivity contribution is -0.158. The highest BCUT2D eigenvalue weighted by molar-refractivity contribution is 5.77. The summed E-state index contributed by atoms with van der Waals surface area (Å²) in [5.41, 5.74) is 0.772. The molecule has 0 unspecified atom stereocenters. The molecule has 2 rings (SSSR count). The largest absolute Gasteiger partial charge is 0.466 e. The Morgan fingerprint density at radius 2 is 1.95 bits per heavy atom. The third-order valence-corrected chi connectivity index (χ3v) is 3.85. The summed E-state index contributed by atoms with van der Waals surface area (Å²) in [5.74, 6) is 5.73. The van der Waals surface area contributed by atoms with Crippen molar-refractivity contribution >= 4 is 5.97 Å². The van der Waals surface area contributed by atoms with Gasteiger partial charge < -0.3 is 4.74 Å². The van der Waals surface area contributed by atoms with E-state index in [9.17, 15) is 4.79 Å². The molecule has 0 spiro atoms. The number of piperidine rings is 1. The van der Waals surface area contributed by atoms with Crippen molar-refractivity contribution in [1.29, 1.82) is 0 Å². The van der Waals surface area contributed by atoms with E-state index in [1.807, 2.05) is 25.1 Å². The Kier molecular flexibility index (Phi) is 4.56. The fourth-order valence-electron chi connectivity index (χ4n) is 2.68. The lowest BCUT2D eigenvalue weighted by Crippen LogP contribution is -2.48. The summed E-state index contributed by atoms with van der Waals surface area (Å²) in [7, 11) is 0. The number of ether oxygens (including phenoxy) is 1. The maximum absolute atomic E-state index is 12.3. The molecule has 19 heavy (non-hydrogen) atoms. The molecule has 0 radical (unpaired) electrons. The summed E-state index contributed by atoms with van der Waals surface area (Å²) in [4.78, 5) is 12.3. The van der Waals surface area contributed by atoms with Gasteiger partial charge in [0.2, 0.25) is 0 Å². The first-order valence-electron chi connectivity index (χ1n) is 6.87. The Hall–Kier alpha value is -1.39. The van der Waals surface area contributed by atoms with Crippen molar-refractivity contribution in [3.63, 3.8) is 0 Å². The van der Waals surface area contributed by atoms with Gasteiger partial charge in [0.05, 0.1) is 12.0 Å². The number of hydrogen-bond donors (Lipinski definition) is 1. The summed E-state index contributed by atoms with van der Waals surface area (Å²) >= 11 is 0. The van der Waals surface area contributed by atoms with Crippen LogP contribution in [0.4, 0.5) is 0 Å². The van der Waals surface area contributed by atoms with E-state index < -0.39 is 5.41 Å². The molecule has 0 bridgehead atoms. The van der Waals surface area contributed by atoms with Crippen LogP contribution < -0.4 is 5.84 Å². The maximum atomic E-state index is 12.3. The molecular weight excluding hydrogens is 240 g/mol. The van der Waals surface area contributed by atoms with Crippen LogP contribution in [0, 0.1) is 5.41 Å². The number of nitrogens with zero attached hydrogens (tertiary/aromatic N) is 1. The van der Waals surface area contributed by atoms with Crippen molar-refractivity contribution in [1.82, 2.24) is 5.01 Å². The van der Waals surface area contributed by atoms with Gasteiger partial charge >= 0.3 is 5.97 Å². The molecule has 0 aliphatic carbocycles. The van der Waals surface area contributed by atoms with Gasteiger partial charge in [-0.05, 0) is 31.7 Å².